The number of hydrogen-bond donors (Lipinski definition) is 1. The van der Waals surface area contributed by atoms with Crippen molar-refractivity contribution in [1.29, 1.82) is 0 Å². The van der Waals surface area contributed by atoms with Crippen molar-refractivity contribution >= 4 is 11.9 Å². The third-order valence-electron chi connectivity index (χ3n) is 2.49. The first-order valence-corrected chi connectivity index (χ1v) is 5.79. The lowest BCUT2D eigenvalue weighted by molar-refractivity contribution is -0.128. The fourth-order valence-electron chi connectivity index (χ4n) is 1.57. The quantitative estimate of drug-likeness (QED) is 0.477. The normalized spacial score (nSPS) is 9.83. The van der Waals surface area contributed by atoms with Crippen LogP contribution in [0.5, 0.6) is 5.75 Å². The highest BCUT2D eigenvalue weighted by Crippen LogP contribution is 2.20. The molecule has 4 nitrogen and oxygen atoms in total. The Morgan fingerprint density at radius 2 is 2.17 bits per heavy atom. The molecule has 0 amide bonds. The van der Waals surface area contributed by atoms with Crippen LogP contribution in [0.1, 0.15) is 35.7 Å². The van der Waals surface area contributed by atoms with Crippen LogP contribution in [-0.4, -0.2) is 17.0 Å². The van der Waals surface area contributed by atoms with Crippen LogP contribution in [0.4, 0.5) is 0 Å². The molecule has 0 fully saturated rings. The van der Waals surface area contributed by atoms with Crippen molar-refractivity contribution in [3.63, 3.8) is 0 Å². The number of benzene rings is 1. The van der Waals surface area contributed by atoms with Crippen LogP contribution in [-0.2, 0) is 11.2 Å². The number of rotatable bonds is 6. The molecule has 0 unspecified atom stereocenters. The van der Waals surface area contributed by atoms with Crippen LogP contribution in [0.15, 0.2) is 30.9 Å². The third-order valence-corrected chi connectivity index (χ3v) is 2.49. The Labute approximate surface area is 106 Å². The van der Waals surface area contributed by atoms with Crippen molar-refractivity contribution in [3.8, 4) is 5.75 Å². The minimum absolute atomic E-state index is 0.252. The summed E-state index contributed by atoms with van der Waals surface area (Å²) in [6, 6.07) is 4.53. The zero-order chi connectivity index (χ0) is 13.5. The average Bonchev–Trinajstić information content (AvgIpc) is 2.36. The summed E-state index contributed by atoms with van der Waals surface area (Å²) in [5.41, 5.74) is 0.931. The summed E-state index contributed by atoms with van der Waals surface area (Å²) in [5, 5.41) is 9.06. The van der Waals surface area contributed by atoms with E-state index in [4.69, 9.17) is 9.84 Å². The molecular weight excluding hydrogens is 232 g/mol. The van der Waals surface area contributed by atoms with Gasteiger partial charge in [0.2, 0.25) is 0 Å². The molecule has 0 bridgehead atoms. The van der Waals surface area contributed by atoms with Crippen molar-refractivity contribution < 1.29 is 19.4 Å². The summed E-state index contributed by atoms with van der Waals surface area (Å²) in [5.74, 6) is -1.18. The van der Waals surface area contributed by atoms with E-state index < -0.39 is 11.9 Å². The van der Waals surface area contributed by atoms with Crippen LogP contribution < -0.4 is 4.74 Å². The average molecular weight is 248 g/mol. The number of carboxylic acid groups (broad SMARTS) is 1. The number of carbonyl (C=O) groups is 2. The Kier molecular flexibility index (Phi) is 5.11. The predicted octanol–water partition coefficient (Wildman–Crippen LogP) is 2.82. The minimum atomic E-state index is -0.970. The van der Waals surface area contributed by atoms with E-state index in [2.05, 4.69) is 6.58 Å². The Balaban J connectivity index is 3.00. The molecule has 1 aromatic rings. The number of hydrogen-bond acceptors (Lipinski definition) is 3. The lowest BCUT2D eigenvalue weighted by Crippen LogP contribution is -2.06. The second kappa shape index (κ2) is 6.59. The van der Waals surface area contributed by atoms with Gasteiger partial charge in [0, 0.05) is 6.08 Å². The predicted molar refractivity (Wildman–Crippen MR) is 67.8 cm³/mol. The van der Waals surface area contributed by atoms with Crippen LogP contribution in [0.25, 0.3) is 0 Å². The van der Waals surface area contributed by atoms with E-state index in [1.807, 2.05) is 6.92 Å². The van der Waals surface area contributed by atoms with Gasteiger partial charge in [0.05, 0.1) is 5.56 Å². The summed E-state index contributed by atoms with van der Waals surface area (Å²) in [7, 11) is 0. The molecule has 0 radical (unpaired) electrons. The first-order valence-electron chi connectivity index (χ1n) is 5.79. The fourth-order valence-corrected chi connectivity index (χ4v) is 1.57. The van der Waals surface area contributed by atoms with Gasteiger partial charge in [-0.15, -0.1) is 0 Å². The molecule has 0 saturated carbocycles. The number of aryl methyl sites for hydroxylation is 1. The van der Waals surface area contributed by atoms with E-state index in [1.165, 1.54) is 12.1 Å². The molecule has 0 aliphatic rings. The van der Waals surface area contributed by atoms with Gasteiger partial charge in [-0.1, -0.05) is 19.9 Å². The smallest absolute Gasteiger partial charge is 0.335 e. The number of unbranched alkanes of at least 4 members (excludes halogenated alkanes) is 1. The highest BCUT2D eigenvalue weighted by molar-refractivity contribution is 5.90. The van der Waals surface area contributed by atoms with Crippen LogP contribution in [0.3, 0.4) is 0 Å². The molecule has 1 aromatic carbocycles. The molecule has 1 rings (SSSR count). The largest absolute Gasteiger partial charge is 0.478 e. The van der Waals surface area contributed by atoms with Crippen LogP contribution >= 0.6 is 0 Å². The zero-order valence-electron chi connectivity index (χ0n) is 10.3. The van der Waals surface area contributed by atoms with Gasteiger partial charge >= 0.3 is 11.9 Å². The maximum Gasteiger partial charge on any atom is 0.335 e. The topological polar surface area (TPSA) is 63.6 Å². The molecule has 0 saturated heterocycles. The zero-order valence-corrected chi connectivity index (χ0v) is 10.3. The van der Waals surface area contributed by atoms with Crippen molar-refractivity contribution in [2.75, 3.05) is 0 Å². The lowest BCUT2D eigenvalue weighted by atomic mass is 10.0. The summed E-state index contributed by atoms with van der Waals surface area (Å²) in [6.07, 6.45) is 3.57. The van der Waals surface area contributed by atoms with Gasteiger partial charge in [-0.25, -0.2) is 9.59 Å². The molecule has 1 N–H and O–H groups in total. The summed E-state index contributed by atoms with van der Waals surface area (Å²) < 4.78 is 4.97. The number of carboxylic acids is 1. The highest BCUT2D eigenvalue weighted by Gasteiger charge is 2.11. The Bertz CT molecular complexity index is 463. The van der Waals surface area contributed by atoms with E-state index >= 15 is 0 Å². The van der Waals surface area contributed by atoms with E-state index in [-0.39, 0.29) is 5.56 Å². The summed E-state index contributed by atoms with van der Waals surface area (Å²) in [4.78, 5) is 22.1. The molecule has 96 valence electrons. The van der Waals surface area contributed by atoms with E-state index in [1.54, 1.807) is 6.07 Å². The number of aromatic carboxylic acids is 1. The van der Waals surface area contributed by atoms with Gasteiger partial charge < -0.3 is 9.84 Å². The van der Waals surface area contributed by atoms with Crippen molar-refractivity contribution in [3.05, 3.63) is 42.0 Å². The molecule has 0 spiro atoms. The Morgan fingerprint density at radius 1 is 1.44 bits per heavy atom. The molecule has 0 aliphatic heterocycles. The standard InChI is InChI=1S/C14H16O4/c1-3-5-6-10-9-11(18-13(15)4-2)7-8-12(10)14(16)17/h4,7-9H,2-3,5-6H2,1H3,(H,16,17). The molecule has 0 aromatic heterocycles. The number of carbonyl (C=O) groups excluding carboxylic acids is 1. The monoisotopic (exact) mass is 248 g/mol. The molecule has 0 heterocycles. The van der Waals surface area contributed by atoms with Gasteiger partial charge in [-0.2, -0.15) is 0 Å². The van der Waals surface area contributed by atoms with Crippen molar-refractivity contribution in [2.24, 2.45) is 0 Å². The third kappa shape index (κ3) is 3.73. The molecule has 18 heavy (non-hydrogen) atoms. The first kappa shape index (κ1) is 14.0. The van der Waals surface area contributed by atoms with Gasteiger partial charge in [-0.3, -0.25) is 0 Å². The van der Waals surface area contributed by atoms with Gasteiger partial charge in [0.25, 0.3) is 0 Å². The lowest BCUT2D eigenvalue weighted by Gasteiger charge is -2.08. The maximum atomic E-state index is 11.1. The van der Waals surface area contributed by atoms with Crippen LogP contribution in [0, 0.1) is 0 Å². The second-order valence-corrected chi connectivity index (χ2v) is 3.85. The fraction of sp³-hybridized carbons (Fsp3) is 0.286. The van der Waals surface area contributed by atoms with E-state index in [0.717, 1.165) is 18.9 Å². The van der Waals surface area contributed by atoms with Gasteiger partial charge in [0.15, 0.2) is 0 Å². The van der Waals surface area contributed by atoms with E-state index in [0.29, 0.717) is 17.7 Å². The molecule has 4 heteroatoms. The van der Waals surface area contributed by atoms with Crippen LogP contribution in [0.2, 0.25) is 0 Å². The summed E-state index contributed by atoms with van der Waals surface area (Å²) >= 11 is 0. The molecule has 0 atom stereocenters. The molecule has 0 aliphatic carbocycles. The second-order valence-electron chi connectivity index (χ2n) is 3.85. The first-order chi connectivity index (χ1) is 8.58. The number of ether oxygens (including phenoxy) is 1. The molecular formula is C14H16O4. The minimum Gasteiger partial charge on any atom is -0.478 e. The Morgan fingerprint density at radius 3 is 2.72 bits per heavy atom. The van der Waals surface area contributed by atoms with E-state index in [9.17, 15) is 9.59 Å². The highest BCUT2D eigenvalue weighted by atomic mass is 16.5. The van der Waals surface area contributed by atoms with Gasteiger partial charge in [-0.05, 0) is 36.6 Å². The van der Waals surface area contributed by atoms with Crippen molar-refractivity contribution in [2.45, 2.75) is 26.2 Å². The van der Waals surface area contributed by atoms with Crippen molar-refractivity contribution in [1.82, 2.24) is 0 Å². The number of esters is 1. The summed E-state index contributed by atoms with van der Waals surface area (Å²) in [6.45, 7) is 5.34. The SMILES string of the molecule is C=CC(=O)Oc1ccc(C(=O)O)c(CCCC)c1. The maximum absolute atomic E-state index is 11.1. The van der Waals surface area contributed by atoms with Gasteiger partial charge in [0.1, 0.15) is 5.75 Å². The Hall–Kier alpha value is -2.10.